The Kier molecular flexibility index (Phi) is 6.26. The summed E-state index contributed by atoms with van der Waals surface area (Å²) in [6.45, 7) is -0.0423. The van der Waals surface area contributed by atoms with Gasteiger partial charge in [0, 0.05) is 24.7 Å². The second-order valence-corrected chi connectivity index (χ2v) is 8.39. The van der Waals surface area contributed by atoms with Crippen LogP contribution in [0, 0.1) is 0 Å². The lowest BCUT2D eigenvalue weighted by Gasteiger charge is -2.22. The van der Waals surface area contributed by atoms with Crippen molar-refractivity contribution in [3.63, 3.8) is 0 Å². The number of nitrogens with zero attached hydrogens (tertiary/aromatic N) is 3. The molecule has 0 bridgehead atoms. The van der Waals surface area contributed by atoms with Crippen LogP contribution in [0.4, 0.5) is 5.69 Å². The monoisotopic (exact) mass is 445 g/mol. The molecule has 0 saturated carbocycles. The van der Waals surface area contributed by atoms with Crippen molar-refractivity contribution in [2.45, 2.75) is 25.2 Å². The lowest BCUT2D eigenvalue weighted by atomic mass is 10.2. The van der Waals surface area contributed by atoms with Gasteiger partial charge in [-0.05, 0) is 37.1 Å². The molecular formula is C19H20N5O6P. The third-order valence-corrected chi connectivity index (χ3v) is 5.94. The summed E-state index contributed by atoms with van der Waals surface area (Å²) in [4.78, 5) is 33.3. The smallest absolute Gasteiger partial charge is 0.407 e. The molecule has 3 atom stereocenters. The minimum absolute atomic E-state index is 0.0423. The molecule has 4 heterocycles. The summed E-state index contributed by atoms with van der Waals surface area (Å²) < 4.78 is 31.8. The van der Waals surface area contributed by atoms with E-state index in [0.29, 0.717) is 18.5 Å². The highest BCUT2D eigenvalue weighted by Crippen LogP contribution is 2.48. The fraction of sp³-hybridized carbons (Fsp3) is 0.263. The van der Waals surface area contributed by atoms with Crippen LogP contribution in [0.15, 0.2) is 70.9 Å². The summed E-state index contributed by atoms with van der Waals surface area (Å²) in [5.41, 5.74) is -0.572. The number of aromatic nitrogens is 4. The van der Waals surface area contributed by atoms with Crippen molar-refractivity contribution >= 4 is 13.4 Å². The van der Waals surface area contributed by atoms with Crippen molar-refractivity contribution < 1.29 is 18.3 Å². The van der Waals surface area contributed by atoms with Gasteiger partial charge in [-0.15, -0.1) is 0 Å². The molecule has 31 heavy (non-hydrogen) atoms. The van der Waals surface area contributed by atoms with Gasteiger partial charge >= 0.3 is 13.4 Å². The summed E-state index contributed by atoms with van der Waals surface area (Å²) in [5.74, 6) is 0.271. The molecule has 3 aromatic heterocycles. The number of hydrogen-bond donors (Lipinski definition) is 2. The summed E-state index contributed by atoms with van der Waals surface area (Å²) >= 11 is 0. The van der Waals surface area contributed by atoms with Gasteiger partial charge < -0.3 is 9.26 Å². The quantitative estimate of drug-likeness (QED) is 0.500. The molecule has 11 nitrogen and oxygen atoms in total. The second-order valence-electron chi connectivity index (χ2n) is 6.73. The zero-order valence-electron chi connectivity index (χ0n) is 16.3. The van der Waals surface area contributed by atoms with Crippen LogP contribution in [-0.4, -0.2) is 32.2 Å². The molecule has 1 saturated heterocycles. The van der Waals surface area contributed by atoms with Crippen molar-refractivity contribution in [1.82, 2.24) is 19.5 Å². The molecule has 4 rings (SSSR count). The van der Waals surface area contributed by atoms with E-state index in [4.69, 9.17) is 13.8 Å². The lowest BCUT2D eigenvalue weighted by molar-refractivity contribution is -0.0210. The fourth-order valence-electron chi connectivity index (χ4n) is 3.06. The Morgan fingerprint density at radius 2 is 1.97 bits per heavy atom. The van der Waals surface area contributed by atoms with Gasteiger partial charge in [0.25, 0.3) is 5.56 Å². The van der Waals surface area contributed by atoms with Crippen LogP contribution in [0.3, 0.4) is 0 Å². The van der Waals surface area contributed by atoms with Crippen LogP contribution in [0.5, 0.6) is 5.75 Å². The molecule has 3 aromatic rings. The molecule has 1 aliphatic rings. The molecule has 3 unspecified atom stereocenters. The number of aromatic amines is 1. The highest BCUT2D eigenvalue weighted by atomic mass is 31.2. The predicted octanol–water partition coefficient (Wildman–Crippen LogP) is 2.32. The maximum Gasteiger partial charge on any atom is 0.486 e. The van der Waals surface area contributed by atoms with Crippen LogP contribution in [0.1, 0.15) is 19.1 Å². The van der Waals surface area contributed by atoms with Gasteiger partial charge in [-0.3, -0.25) is 33.9 Å². The largest absolute Gasteiger partial charge is 0.486 e. The molecule has 0 amide bonds. The van der Waals surface area contributed by atoms with Gasteiger partial charge in [0.05, 0.1) is 30.8 Å². The summed E-state index contributed by atoms with van der Waals surface area (Å²) in [6.07, 6.45) is 7.57. The molecule has 0 spiro atoms. The zero-order chi connectivity index (χ0) is 21.7. The van der Waals surface area contributed by atoms with E-state index in [9.17, 15) is 14.2 Å². The first kappa shape index (κ1) is 21.0. The van der Waals surface area contributed by atoms with Crippen LogP contribution >= 0.6 is 7.75 Å². The normalized spacial score (nSPS) is 20.1. The average molecular weight is 445 g/mol. The Bertz CT molecular complexity index is 1120. The number of hydrogen-bond acceptors (Lipinski definition) is 8. The summed E-state index contributed by atoms with van der Waals surface area (Å²) in [6, 6.07) is 7.88. The van der Waals surface area contributed by atoms with Crippen molar-refractivity contribution in [1.29, 1.82) is 0 Å². The molecule has 162 valence electrons. The predicted molar refractivity (Wildman–Crippen MR) is 111 cm³/mol. The lowest BCUT2D eigenvalue weighted by Crippen LogP contribution is -2.31. The Hall–Kier alpha value is -3.27. The number of anilines is 1. The average Bonchev–Trinajstić information content (AvgIpc) is 3.22. The molecule has 2 N–H and O–H groups in total. The van der Waals surface area contributed by atoms with E-state index in [1.165, 1.54) is 29.2 Å². The molecule has 12 heteroatoms. The minimum Gasteiger partial charge on any atom is -0.407 e. The highest BCUT2D eigenvalue weighted by Gasteiger charge is 2.33. The zero-order valence-corrected chi connectivity index (χ0v) is 17.2. The standard InChI is InChI=1S/C19H20N5O6P/c25-17-7-10-24(19(26)22-17)18-6-5-16(29-18)13-28-31(27,23-14-3-1-8-20-11-14)30-15-4-2-9-21-12-15/h1-4,7-12,16,18H,5-6,13H2,(H,23,27)(H,22,25,26). The minimum atomic E-state index is -3.85. The molecular weight excluding hydrogens is 425 g/mol. The van der Waals surface area contributed by atoms with E-state index in [1.807, 2.05) is 0 Å². The van der Waals surface area contributed by atoms with Crippen LogP contribution in [-0.2, 0) is 13.8 Å². The Morgan fingerprint density at radius 3 is 2.68 bits per heavy atom. The van der Waals surface area contributed by atoms with Crippen molar-refractivity contribution in [2.75, 3.05) is 11.7 Å². The third kappa shape index (κ3) is 5.46. The molecule has 0 radical (unpaired) electrons. The van der Waals surface area contributed by atoms with Crippen LogP contribution < -0.4 is 20.9 Å². The Balaban J connectivity index is 1.44. The highest BCUT2D eigenvalue weighted by molar-refractivity contribution is 7.55. The van der Waals surface area contributed by atoms with Gasteiger partial charge in [0.15, 0.2) is 0 Å². The van der Waals surface area contributed by atoms with Gasteiger partial charge in [-0.2, -0.15) is 0 Å². The molecule has 0 aliphatic carbocycles. The van der Waals surface area contributed by atoms with Gasteiger partial charge in [-0.25, -0.2) is 9.36 Å². The van der Waals surface area contributed by atoms with E-state index in [0.717, 1.165) is 0 Å². The summed E-state index contributed by atoms with van der Waals surface area (Å²) in [7, 11) is -3.85. The van der Waals surface area contributed by atoms with Crippen molar-refractivity contribution in [2.24, 2.45) is 0 Å². The third-order valence-electron chi connectivity index (χ3n) is 4.46. The number of H-pyrrole nitrogens is 1. The number of rotatable bonds is 8. The topological polar surface area (TPSA) is 137 Å². The molecule has 0 aromatic carbocycles. The van der Waals surface area contributed by atoms with Gasteiger partial charge in [-0.1, -0.05) is 0 Å². The van der Waals surface area contributed by atoms with E-state index in [-0.39, 0.29) is 12.4 Å². The van der Waals surface area contributed by atoms with E-state index < -0.39 is 31.3 Å². The Labute approximate surface area is 176 Å². The first-order valence-corrected chi connectivity index (χ1v) is 11.0. The van der Waals surface area contributed by atoms with E-state index in [1.54, 1.807) is 36.7 Å². The molecule has 1 fully saturated rings. The van der Waals surface area contributed by atoms with E-state index in [2.05, 4.69) is 20.0 Å². The number of ether oxygens (including phenoxy) is 1. The SMILES string of the molecule is O=c1ccn(C2CCC(COP(=O)(Nc3cccnc3)Oc3cccnc3)O2)c(=O)[nH]1. The summed E-state index contributed by atoms with van der Waals surface area (Å²) in [5, 5.41) is 2.76. The van der Waals surface area contributed by atoms with Gasteiger partial charge in [0.2, 0.25) is 0 Å². The first-order valence-electron chi connectivity index (χ1n) is 9.50. The second kappa shape index (κ2) is 9.25. The van der Waals surface area contributed by atoms with Crippen LogP contribution in [0.2, 0.25) is 0 Å². The maximum atomic E-state index is 13.4. The number of nitrogens with one attached hydrogen (secondary N) is 2. The van der Waals surface area contributed by atoms with Gasteiger partial charge in [0.1, 0.15) is 12.0 Å². The van der Waals surface area contributed by atoms with E-state index >= 15 is 0 Å². The van der Waals surface area contributed by atoms with Crippen molar-refractivity contribution in [3.05, 3.63) is 82.2 Å². The first-order chi connectivity index (χ1) is 15.0. The van der Waals surface area contributed by atoms with Crippen molar-refractivity contribution in [3.8, 4) is 5.75 Å². The maximum absolute atomic E-state index is 13.4. The Morgan fingerprint density at radius 1 is 1.16 bits per heavy atom. The molecule has 1 aliphatic heterocycles. The van der Waals surface area contributed by atoms with Crippen LogP contribution in [0.25, 0.3) is 0 Å². The fourth-order valence-corrected chi connectivity index (χ4v) is 4.42. The number of pyridine rings is 2.